The number of aromatic hydroxyl groups is 1. The number of phenols is 1. The van der Waals surface area contributed by atoms with E-state index in [1.807, 2.05) is 33.7 Å². The van der Waals surface area contributed by atoms with Crippen LogP contribution in [0.2, 0.25) is 0 Å². The number of piperidine rings is 1. The minimum Gasteiger partial charge on any atom is -0.504 e. The fraction of sp³-hybridized carbons (Fsp3) is 0.720. The average Bonchev–Trinajstić information content (AvgIpc) is 3.64. The molecule has 14 heteroatoms. The number of aliphatic hydroxyl groups excluding tert-OH is 3. The van der Waals surface area contributed by atoms with E-state index in [0.717, 1.165) is 75.2 Å². The summed E-state index contributed by atoms with van der Waals surface area (Å²) in [6.07, 6.45) is 19.0. The molecule has 0 amide bonds. The average molecular weight is 918 g/mol. The zero-order valence-corrected chi connectivity index (χ0v) is 39.2. The van der Waals surface area contributed by atoms with E-state index in [9.17, 15) is 25.2 Å². The Balaban J connectivity index is 1.16. The van der Waals surface area contributed by atoms with E-state index >= 15 is 0 Å². The fourth-order valence-corrected chi connectivity index (χ4v) is 16.0. The second-order valence-corrected chi connectivity index (χ2v) is 23.4. The van der Waals surface area contributed by atoms with Gasteiger partial charge in [-0.25, -0.2) is 4.99 Å². The van der Waals surface area contributed by atoms with Gasteiger partial charge in [-0.1, -0.05) is 70.6 Å². The number of nitrogens with one attached hydrogen (secondary N) is 3. The predicted octanol–water partition coefficient (Wildman–Crippen LogP) is 5.65. The Morgan fingerprint density at radius 3 is 2.77 bits per heavy atom. The van der Waals surface area contributed by atoms with Crippen LogP contribution in [0.15, 0.2) is 41.4 Å². The van der Waals surface area contributed by atoms with Crippen molar-refractivity contribution >= 4 is 33.5 Å². The first kappa shape index (κ1) is 46.2. The molecule has 350 valence electrons. The fourth-order valence-electron chi connectivity index (χ4n) is 13.5. The molecule has 64 heavy (non-hydrogen) atoms. The molecule has 8 aliphatic rings. The number of hydrogen-bond acceptors (Lipinski definition) is 14. The smallest absolute Gasteiger partial charge is 0.302 e. The van der Waals surface area contributed by atoms with Gasteiger partial charge in [-0.15, -0.1) is 0 Å². The summed E-state index contributed by atoms with van der Waals surface area (Å²) in [4.78, 5) is 18.2. The van der Waals surface area contributed by atoms with Crippen LogP contribution in [0, 0.1) is 46.3 Å². The van der Waals surface area contributed by atoms with Crippen LogP contribution < -0.4 is 26.4 Å². The van der Waals surface area contributed by atoms with Gasteiger partial charge in [0.15, 0.2) is 17.5 Å². The number of hydrogen-bond donors (Lipinski definition) is 8. The highest BCUT2D eigenvalue weighted by molar-refractivity contribution is 8.76. The molecule has 4 spiro atoms. The minimum absolute atomic E-state index is 0.0231. The number of rotatable bonds is 2. The number of benzene rings is 1. The summed E-state index contributed by atoms with van der Waals surface area (Å²) in [5, 5.41) is 57.8. The zero-order valence-electron chi connectivity index (χ0n) is 37.6. The molecule has 1 aromatic rings. The van der Waals surface area contributed by atoms with Crippen LogP contribution in [0.4, 0.5) is 0 Å². The lowest BCUT2D eigenvalue weighted by Crippen LogP contribution is -2.60. The largest absolute Gasteiger partial charge is 0.504 e. The van der Waals surface area contributed by atoms with Gasteiger partial charge in [0.25, 0.3) is 0 Å². The lowest BCUT2D eigenvalue weighted by molar-refractivity contribution is -0.152. The Morgan fingerprint density at radius 2 is 1.91 bits per heavy atom. The number of carbonyl (C=O) groups excluding carboxylic acids is 1. The van der Waals surface area contributed by atoms with E-state index in [0.29, 0.717) is 61.2 Å². The third-order valence-corrected chi connectivity index (χ3v) is 19.0. The van der Waals surface area contributed by atoms with E-state index in [-0.39, 0.29) is 47.3 Å². The van der Waals surface area contributed by atoms with Gasteiger partial charge in [0, 0.05) is 61.7 Å². The van der Waals surface area contributed by atoms with Crippen molar-refractivity contribution in [2.75, 3.05) is 31.1 Å². The van der Waals surface area contributed by atoms with Crippen molar-refractivity contribution in [3.05, 3.63) is 47.6 Å². The van der Waals surface area contributed by atoms with Crippen molar-refractivity contribution in [2.24, 2.45) is 45.2 Å². The summed E-state index contributed by atoms with van der Waals surface area (Å²) in [5.41, 5.74) is 7.14. The monoisotopic (exact) mass is 917 g/mol. The van der Waals surface area contributed by atoms with E-state index in [1.54, 1.807) is 6.07 Å². The molecule has 5 aliphatic carbocycles. The van der Waals surface area contributed by atoms with Crippen LogP contribution in [0.25, 0.3) is 0 Å². The molecular weight excluding hydrogens is 847 g/mol. The Hall–Kier alpha value is -2.90. The Morgan fingerprint density at radius 1 is 1.03 bits per heavy atom. The van der Waals surface area contributed by atoms with E-state index < -0.39 is 41.7 Å². The van der Waals surface area contributed by atoms with Crippen LogP contribution in [0.3, 0.4) is 0 Å². The number of aliphatic imine (C=N–C) groups is 1. The SMILES string of the molecule is CC(=O)OC1CC(O)CCC23C#CC4CCCC5(CNCCSSCC6(CC7C=CC8CCCC8(C7)C6)NC(N)=NC2C=CCC3O)CC(CCN5)Oc2cc(c(CO)cc2O)CC41. The normalized spacial score (nSPS) is 41.4. The lowest BCUT2D eigenvalue weighted by Gasteiger charge is -2.53. The van der Waals surface area contributed by atoms with Gasteiger partial charge in [-0.3, -0.25) is 4.79 Å². The molecule has 0 radical (unpaired) electrons. The van der Waals surface area contributed by atoms with Crippen molar-refractivity contribution in [1.82, 2.24) is 16.0 Å². The molecular formula is C50H71N5O7S2. The number of esters is 1. The number of ether oxygens (including phenoxy) is 2. The second-order valence-electron chi connectivity index (χ2n) is 20.8. The molecule has 3 heterocycles. The highest BCUT2D eigenvalue weighted by Gasteiger charge is 2.55. The first-order valence-corrected chi connectivity index (χ1v) is 26.7. The molecule has 13 unspecified atom stereocenters. The maximum atomic E-state index is 12.9. The maximum Gasteiger partial charge on any atom is 0.302 e. The van der Waals surface area contributed by atoms with Crippen LogP contribution in [0.1, 0.15) is 114 Å². The molecule has 9 rings (SSSR count). The van der Waals surface area contributed by atoms with Crippen LogP contribution in [-0.4, -0.2) is 105 Å². The number of phenolic OH excluding ortho intramolecular Hbond substituents is 1. The number of carbonyl (C=O) groups is 1. The van der Waals surface area contributed by atoms with Gasteiger partial charge in [-0.05, 0) is 124 Å². The van der Waals surface area contributed by atoms with Crippen molar-refractivity contribution < 1.29 is 34.7 Å². The van der Waals surface area contributed by atoms with Crippen molar-refractivity contribution in [1.29, 1.82) is 0 Å². The molecule has 13 atom stereocenters. The first-order chi connectivity index (χ1) is 30.9. The van der Waals surface area contributed by atoms with E-state index in [4.69, 9.17) is 20.2 Å². The minimum atomic E-state index is -1.04. The maximum absolute atomic E-state index is 12.9. The molecule has 12 nitrogen and oxygen atoms in total. The summed E-state index contributed by atoms with van der Waals surface area (Å²) in [5.74, 6) is 9.96. The lowest BCUT2D eigenvalue weighted by atomic mass is 9.56. The first-order valence-electron chi connectivity index (χ1n) is 24.2. The Kier molecular flexibility index (Phi) is 14.0. The third-order valence-electron chi connectivity index (χ3n) is 16.5. The van der Waals surface area contributed by atoms with E-state index in [2.05, 4.69) is 46.0 Å². The summed E-state index contributed by atoms with van der Waals surface area (Å²) in [6.45, 7) is 3.47. The molecule has 9 N–H and O–H groups in total. The summed E-state index contributed by atoms with van der Waals surface area (Å²) >= 11 is 0. The van der Waals surface area contributed by atoms with Crippen molar-refractivity contribution in [3.8, 4) is 23.3 Å². The van der Waals surface area contributed by atoms with Gasteiger partial charge >= 0.3 is 5.97 Å². The molecule has 1 saturated heterocycles. The van der Waals surface area contributed by atoms with Gasteiger partial charge < -0.3 is 51.6 Å². The highest BCUT2D eigenvalue weighted by Crippen LogP contribution is 2.60. The Bertz CT molecular complexity index is 2030. The molecule has 2 saturated carbocycles. The number of nitrogens with two attached hydrogens (primary N) is 1. The number of nitrogens with zero attached hydrogens (tertiary/aromatic N) is 1. The molecule has 3 aliphatic heterocycles. The highest BCUT2D eigenvalue weighted by atomic mass is 33.1. The van der Waals surface area contributed by atoms with Crippen molar-refractivity contribution in [3.63, 3.8) is 0 Å². The zero-order chi connectivity index (χ0) is 44.5. The van der Waals surface area contributed by atoms with E-state index in [1.165, 1.54) is 32.6 Å². The van der Waals surface area contributed by atoms with Gasteiger partial charge in [0.05, 0.1) is 35.8 Å². The summed E-state index contributed by atoms with van der Waals surface area (Å²) in [6, 6.07) is 2.86. The standard InChI is InChI=1S/C50H71N5O7S2/c1-32(57)61-42-24-38(58)12-17-50-16-11-34-5-3-15-48(27-39(13-18-53-48)62-43-23-35(21-40(34)42)36(28-56)22-41(43)59)30-52-19-20-63-64-31-49(55-46(51)54-44(50)7-2-8-45(50)60)26-33-9-10-37-6-4-14-47(37,25-33)29-49/h2,7,9-10,22-23,33-34,37-40,42,44-45,52-53,56,58-60H,3-6,8,12-15,17-21,24-31H2,1H3,(H3,51,54,55). The van der Waals surface area contributed by atoms with Crippen molar-refractivity contribution in [2.45, 2.75) is 158 Å². The van der Waals surface area contributed by atoms with Crippen LogP contribution >= 0.6 is 21.6 Å². The van der Waals surface area contributed by atoms with Crippen LogP contribution in [-0.2, 0) is 22.6 Å². The summed E-state index contributed by atoms with van der Waals surface area (Å²) in [7, 11) is 3.85. The van der Waals surface area contributed by atoms with Gasteiger partial charge in [-0.2, -0.15) is 0 Å². The van der Waals surface area contributed by atoms with Gasteiger partial charge in [0.1, 0.15) is 12.2 Å². The number of fused-ring (bicyclic) bond motifs is 6. The van der Waals surface area contributed by atoms with Crippen LogP contribution in [0.5, 0.6) is 11.5 Å². The Labute approximate surface area is 387 Å². The quantitative estimate of drug-likeness (QED) is 0.0787. The third kappa shape index (κ3) is 9.74. The number of allylic oxidation sites excluding steroid dienone is 2. The molecule has 1 aromatic carbocycles. The topological polar surface area (TPSA) is 191 Å². The molecule has 0 aromatic heterocycles. The number of aliphatic hydroxyl groups is 3. The summed E-state index contributed by atoms with van der Waals surface area (Å²) < 4.78 is 12.9. The second kappa shape index (κ2) is 19.4. The van der Waals surface area contributed by atoms with Gasteiger partial charge in [0.2, 0.25) is 0 Å². The molecule has 8 bridgehead atoms. The predicted molar refractivity (Wildman–Crippen MR) is 254 cm³/mol. The molecule has 3 fully saturated rings. The number of guanidine groups is 1.